The lowest BCUT2D eigenvalue weighted by Crippen LogP contribution is -2.44. The second-order valence-corrected chi connectivity index (χ2v) is 9.42. The Morgan fingerprint density at radius 2 is 2.00 bits per heavy atom. The van der Waals surface area contributed by atoms with E-state index in [4.69, 9.17) is 21.1 Å². The number of allylic oxidation sites excluding steroid dienone is 1. The Kier molecular flexibility index (Phi) is 9.02. The Morgan fingerprint density at radius 1 is 1.25 bits per heavy atom. The number of aryl methyl sites for hydroxylation is 1. The summed E-state index contributed by atoms with van der Waals surface area (Å²) in [5, 5.41) is 16.0. The third-order valence-corrected chi connectivity index (χ3v) is 7.14. The van der Waals surface area contributed by atoms with Crippen molar-refractivity contribution in [2.75, 3.05) is 24.8 Å². The second kappa shape index (κ2) is 12.0. The first kappa shape index (κ1) is 27.1. The van der Waals surface area contributed by atoms with Crippen molar-refractivity contribution in [2.24, 2.45) is 5.92 Å². The molecule has 0 saturated carbocycles. The molecule has 2 N–H and O–H groups in total. The number of rotatable bonds is 8. The van der Waals surface area contributed by atoms with E-state index in [1.807, 2.05) is 32.9 Å². The van der Waals surface area contributed by atoms with E-state index in [-0.39, 0.29) is 27.3 Å². The number of halogens is 1. The molecule has 0 radical (unpaired) electrons. The van der Waals surface area contributed by atoms with Crippen LogP contribution < -0.4 is 15.4 Å². The van der Waals surface area contributed by atoms with Crippen LogP contribution in [0.1, 0.15) is 29.5 Å². The average molecular weight is 528 g/mol. The Hall–Kier alpha value is -3.48. The van der Waals surface area contributed by atoms with E-state index < -0.39 is 23.7 Å². The molecule has 0 fully saturated rings. The highest BCUT2D eigenvalue weighted by Crippen LogP contribution is 2.42. The SMILES string of the molecule is CCOc1ccc([C@H]2C(C#N)=C(SCC(=O)Nc3cccc(C)c3C)NC(=O)[C@@H]2C(=O)OC)cc1Cl. The fraction of sp³-hybridized carbons (Fsp3) is 0.308. The summed E-state index contributed by atoms with van der Waals surface area (Å²) in [5.74, 6) is -3.59. The highest BCUT2D eigenvalue weighted by molar-refractivity contribution is 8.03. The molecule has 188 valence electrons. The molecule has 8 nitrogen and oxygen atoms in total. The van der Waals surface area contributed by atoms with Crippen LogP contribution in [-0.4, -0.2) is 37.3 Å². The molecule has 0 aromatic heterocycles. The number of thioether (sulfide) groups is 1. The molecule has 3 rings (SSSR count). The van der Waals surface area contributed by atoms with Crippen molar-refractivity contribution in [3.63, 3.8) is 0 Å². The van der Waals surface area contributed by atoms with Gasteiger partial charge in [-0.05, 0) is 55.7 Å². The predicted octanol–water partition coefficient (Wildman–Crippen LogP) is 4.47. The largest absolute Gasteiger partial charge is 0.492 e. The van der Waals surface area contributed by atoms with Gasteiger partial charge in [-0.2, -0.15) is 5.26 Å². The van der Waals surface area contributed by atoms with Crippen LogP contribution in [0.5, 0.6) is 5.75 Å². The average Bonchev–Trinajstić information content (AvgIpc) is 2.86. The third kappa shape index (κ3) is 5.83. The van der Waals surface area contributed by atoms with Crippen molar-refractivity contribution < 1.29 is 23.9 Å². The van der Waals surface area contributed by atoms with Crippen LogP contribution in [0.25, 0.3) is 0 Å². The summed E-state index contributed by atoms with van der Waals surface area (Å²) >= 11 is 7.37. The number of ether oxygens (including phenoxy) is 2. The molecule has 2 amide bonds. The number of nitrogens with one attached hydrogen (secondary N) is 2. The second-order valence-electron chi connectivity index (χ2n) is 8.03. The number of methoxy groups -OCH3 is 1. The molecule has 1 aliphatic heterocycles. The van der Waals surface area contributed by atoms with E-state index in [0.29, 0.717) is 23.6 Å². The summed E-state index contributed by atoms with van der Waals surface area (Å²) in [6.45, 7) is 6.09. The zero-order valence-electron chi connectivity index (χ0n) is 20.3. The van der Waals surface area contributed by atoms with Crippen LogP contribution in [0.2, 0.25) is 5.02 Å². The summed E-state index contributed by atoms with van der Waals surface area (Å²) < 4.78 is 10.3. The summed E-state index contributed by atoms with van der Waals surface area (Å²) in [7, 11) is 1.18. The van der Waals surface area contributed by atoms with E-state index in [9.17, 15) is 19.6 Å². The molecule has 36 heavy (non-hydrogen) atoms. The van der Waals surface area contributed by atoms with Crippen molar-refractivity contribution >= 4 is 46.8 Å². The lowest BCUT2D eigenvalue weighted by molar-refractivity contribution is -0.150. The molecule has 2 aromatic rings. The van der Waals surface area contributed by atoms with Gasteiger partial charge in [0.2, 0.25) is 11.8 Å². The highest BCUT2D eigenvalue weighted by Gasteiger charge is 2.44. The maximum absolute atomic E-state index is 13.0. The Bertz CT molecular complexity index is 1270. The van der Waals surface area contributed by atoms with Gasteiger partial charge >= 0.3 is 5.97 Å². The summed E-state index contributed by atoms with van der Waals surface area (Å²) in [5.41, 5.74) is 3.29. The number of anilines is 1. The summed E-state index contributed by atoms with van der Waals surface area (Å²) in [4.78, 5) is 38.2. The lowest BCUT2D eigenvalue weighted by Gasteiger charge is -2.31. The molecule has 2 aromatic carbocycles. The first-order valence-electron chi connectivity index (χ1n) is 11.2. The number of nitriles is 1. The standard InChI is InChI=1S/C26H26ClN3O5S/c1-5-35-20-10-9-16(11-18(20)27)22-17(12-28)25(30-24(32)23(22)26(33)34-4)36-13-21(31)29-19-8-6-7-14(2)15(19)3/h6-11,22-23H,5,13H2,1-4H3,(H,29,31)(H,30,32)/t22-,23+/m0/s1. The quantitative estimate of drug-likeness (QED) is 0.384. The summed E-state index contributed by atoms with van der Waals surface area (Å²) in [6, 6.07) is 12.6. The molecule has 0 saturated heterocycles. The van der Waals surface area contributed by atoms with Gasteiger partial charge in [0.05, 0.1) is 41.2 Å². The Labute approximate surface area is 219 Å². The number of amides is 2. The predicted molar refractivity (Wildman–Crippen MR) is 139 cm³/mol. The number of benzene rings is 2. The minimum Gasteiger partial charge on any atom is -0.492 e. The zero-order valence-corrected chi connectivity index (χ0v) is 21.9. The monoisotopic (exact) mass is 527 g/mol. The smallest absolute Gasteiger partial charge is 0.319 e. The number of nitrogens with zero attached hydrogens (tertiary/aromatic N) is 1. The molecule has 0 unspecified atom stereocenters. The van der Waals surface area contributed by atoms with Crippen LogP contribution in [0.3, 0.4) is 0 Å². The fourth-order valence-corrected chi connectivity index (χ4v) is 4.97. The lowest BCUT2D eigenvalue weighted by atomic mass is 9.78. The van der Waals surface area contributed by atoms with Gasteiger partial charge in [0, 0.05) is 11.6 Å². The fourth-order valence-electron chi connectivity index (χ4n) is 3.87. The van der Waals surface area contributed by atoms with Crippen LogP contribution >= 0.6 is 23.4 Å². The van der Waals surface area contributed by atoms with Crippen molar-refractivity contribution in [3.05, 3.63) is 68.7 Å². The first-order valence-corrected chi connectivity index (χ1v) is 12.5. The molecule has 1 aliphatic rings. The molecule has 1 heterocycles. The summed E-state index contributed by atoms with van der Waals surface area (Å²) in [6.07, 6.45) is 0. The first-order chi connectivity index (χ1) is 17.2. The van der Waals surface area contributed by atoms with Gasteiger partial charge < -0.3 is 20.1 Å². The van der Waals surface area contributed by atoms with Gasteiger partial charge in [-0.15, -0.1) is 0 Å². The number of carbonyl (C=O) groups excluding carboxylic acids is 3. The van der Waals surface area contributed by atoms with E-state index in [1.165, 1.54) is 7.11 Å². The van der Waals surface area contributed by atoms with Crippen LogP contribution in [0.4, 0.5) is 5.69 Å². The van der Waals surface area contributed by atoms with Gasteiger partial charge in [0.15, 0.2) is 0 Å². The van der Waals surface area contributed by atoms with Crippen molar-refractivity contribution in [2.45, 2.75) is 26.7 Å². The molecule has 0 bridgehead atoms. The maximum atomic E-state index is 13.0. The molecular weight excluding hydrogens is 502 g/mol. The number of carbonyl (C=O) groups is 3. The molecule has 2 atom stereocenters. The highest BCUT2D eigenvalue weighted by atomic mass is 35.5. The van der Waals surface area contributed by atoms with Crippen LogP contribution in [-0.2, 0) is 19.1 Å². The van der Waals surface area contributed by atoms with Crippen LogP contribution in [0.15, 0.2) is 47.0 Å². The van der Waals surface area contributed by atoms with E-state index in [0.717, 1.165) is 22.9 Å². The Balaban J connectivity index is 1.93. The number of hydrogen-bond donors (Lipinski definition) is 2. The minimum absolute atomic E-state index is 0.0617. The van der Waals surface area contributed by atoms with Gasteiger partial charge in [-0.3, -0.25) is 14.4 Å². The van der Waals surface area contributed by atoms with Crippen LogP contribution in [0, 0.1) is 31.1 Å². The molecular formula is C26H26ClN3O5S. The van der Waals surface area contributed by atoms with Crippen molar-refractivity contribution in [3.8, 4) is 11.8 Å². The normalized spacial score (nSPS) is 17.2. The van der Waals surface area contributed by atoms with Crippen molar-refractivity contribution in [1.82, 2.24) is 5.32 Å². The topological polar surface area (TPSA) is 118 Å². The van der Waals surface area contributed by atoms with E-state index in [2.05, 4.69) is 16.7 Å². The molecule has 0 spiro atoms. The maximum Gasteiger partial charge on any atom is 0.319 e. The van der Waals surface area contributed by atoms with E-state index >= 15 is 0 Å². The number of hydrogen-bond acceptors (Lipinski definition) is 7. The van der Waals surface area contributed by atoms with Gasteiger partial charge in [-0.25, -0.2) is 0 Å². The molecule has 0 aliphatic carbocycles. The van der Waals surface area contributed by atoms with E-state index in [1.54, 1.807) is 24.3 Å². The third-order valence-electron chi connectivity index (χ3n) is 5.82. The van der Waals surface area contributed by atoms with Gasteiger partial charge in [-0.1, -0.05) is 41.6 Å². The Morgan fingerprint density at radius 3 is 2.64 bits per heavy atom. The minimum atomic E-state index is -1.30. The molecule has 10 heteroatoms. The number of esters is 1. The van der Waals surface area contributed by atoms with Gasteiger partial charge in [0.25, 0.3) is 0 Å². The zero-order chi connectivity index (χ0) is 26.4. The van der Waals surface area contributed by atoms with Gasteiger partial charge in [0.1, 0.15) is 11.7 Å². The van der Waals surface area contributed by atoms with Crippen molar-refractivity contribution in [1.29, 1.82) is 5.26 Å².